The fraction of sp³-hybridized carbons (Fsp3) is 0.167. The molecule has 2 N–H and O–H groups in total. The molecule has 21 heavy (non-hydrogen) atoms. The Hall–Kier alpha value is -2.55. The molecule has 3 nitrogen and oxygen atoms in total. The number of aromatic amines is 1. The normalized spacial score (nSPS) is 11.0. The molecular weight excluding hydrogens is 262 g/mol. The van der Waals surface area contributed by atoms with Gasteiger partial charge in [0.25, 0.3) is 0 Å². The van der Waals surface area contributed by atoms with E-state index in [1.807, 2.05) is 38.1 Å². The van der Waals surface area contributed by atoms with Crippen molar-refractivity contribution in [1.82, 2.24) is 4.98 Å². The van der Waals surface area contributed by atoms with Crippen LogP contribution in [0.2, 0.25) is 0 Å². The quantitative estimate of drug-likeness (QED) is 0.759. The molecule has 0 radical (unpaired) electrons. The van der Waals surface area contributed by atoms with Gasteiger partial charge < -0.3 is 10.1 Å². The minimum Gasteiger partial charge on any atom is -0.481 e. The predicted molar refractivity (Wildman–Crippen MR) is 84.5 cm³/mol. The number of fused-ring (bicyclic) bond motifs is 1. The third-order valence-electron chi connectivity index (χ3n) is 3.80. The van der Waals surface area contributed by atoms with E-state index in [2.05, 4.69) is 23.2 Å². The Bertz CT molecular complexity index is 830. The van der Waals surface area contributed by atoms with E-state index in [1.165, 1.54) is 0 Å². The molecule has 0 atom stereocenters. The smallest absolute Gasteiger partial charge is 0.307 e. The van der Waals surface area contributed by atoms with Crippen LogP contribution in [0.3, 0.4) is 0 Å². The van der Waals surface area contributed by atoms with Crippen molar-refractivity contribution in [2.24, 2.45) is 0 Å². The summed E-state index contributed by atoms with van der Waals surface area (Å²) in [4.78, 5) is 14.6. The number of hydrogen-bond donors (Lipinski definition) is 2. The van der Waals surface area contributed by atoms with E-state index in [4.69, 9.17) is 0 Å². The van der Waals surface area contributed by atoms with E-state index in [0.717, 1.165) is 38.9 Å². The summed E-state index contributed by atoms with van der Waals surface area (Å²) in [6.07, 6.45) is 0.0206. The van der Waals surface area contributed by atoms with Crippen LogP contribution in [0.15, 0.2) is 42.5 Å². The second kappa shape index (κ2) is 5.09. The number of carboxylic acids is 1. The molecule has 1 aromatic heterocycles. The molecule has 2 aromatic carbocycles. The standard InChI is InChI=1S/C18H17NO2/c1-11-7-8-12(2)14(9-11)18-15(10-17(20)21)13-5-3-4-6-16(13)19-18/h3-9,19H,10H2,1-2H3,(H,20,21). The van der Waals surface area contributed by atoms with Crippen LogP contribution in [-0.4, -0.2) is 16.1 Å². The van der Waals surface area contributed by atoms with Crippen LogP contribution in [0.1, 0.15) is 16.7 Å². The van der Waals surface area contributed by atoms with E-state index in [-0.39, 0.29) is 6.42 Å². The van der Waals surface area contributed by atoms with Crippen LogP contribution >= 0.6 is 0 Å². The number of benzene rings is 2. The van der Waals surface area contributed by atoms with Gasteiger partial charge in [-0.3, -0.25) is 4.79 Å². The Kier molecular flexibility index (Phi) is 3.26. The van der Waals surface area contributed by atoms with Crippen molar-refractivity contribution in [3.05, 3.63) is 59.2 Å². The van der Waals surface area contributed by atoms with Crippen molar-refractivity contribution in [3.63, 3.8) is 0 Å². The minimum atomic E-state index is -0.814. The minimum absolute atomic E-state index is 0.0206. The van der Waals surface area contributed by atoms with Crippen molar-refractivity contribution < 1.29 is 9.90 Å². The number of hydrogen-bond acceptors (Lipinski definition) is 1. The molecule has 0 aliphatic heterocycles. The Labute approximate surface area is 123 Å². The highest BCUT2D eigenvalue weighted by Crippen LogP contribution is 2.33. The molecule has 3 heteroatoms. The van der Waals surface area contributed by atoms with Gasteiger partial charge in [-0.15, -0.1) is 0 Å². The highest BCUT2D eigenvalue weighted by Gasteiger charge is 2.16. The number of aryl methyl sites for hydroxylation is 2. The topological polar surface area (TPSA) is 53.1 Å². The first kappa shape index (κ1) is 13.4. The molecule has 0 aliphatic carbocycles. The second-order valence-corrected chi connectivity index (χ2v) is 5.41. The average Bonchev–Trinajstić information content (AvgIpc) is 2.80. The zero-order chi connectivity index (χ0) is 15.0. The third-order valence-corrected chi connectivity index (χ3v) is 3.80. The monoisotopic (exact) mass is 279 g/mol. The van der Waals surface area contributed by atoms with Crippen LogP contribution in [0.5, 0.6) is 0 Å². The second-order valence-electron chi connectivity index (χ2n) is 5.41. The zero-order valence-electron chi connectivity index (χ0n) is 12.1. The predicted octanol–water partition coefficient (Wildman–Crippen LogP) is 4.08. The van der Waals surface area contributed by atoms with Gasteiger partial charge >= 0.3 is 5.97 Å². The molecular formula is C18H17NO2. The van der Waals surface area contributed by atoms with E-state index in [9.17, 15) is 9.90 Å². The zero-order valence-corrected chi connectivity index (χ0v) is 12.1. The van der Waals surface area contributed by atoms with Crippen LogP contribution in [0.25, 0.3) is 22.2 Å². The van der Waals surface area contributed by atoms with Gasteiger partial charge in [-0.25, -0.2) is 0 Å². The number of aliphatic carboxylic acids is 1. The number of rotatable bonds is 3. The molecule has 0 aliphatic rings. The lowest BCUT2D eigenvalue weighted by Crippen LogP contribution is -2.01. The molecule has 0 fully saturated rings. The lowest BCUT2D eigenvalue weighted by atomic mass is 9.98. The lowest BCUT2D eigenvalue weighted by Gasteiger charge is -2.08. The van der Waals surface area contributed by atoms with Crippen molar-refractivity contribution in [2.75, 3.05) is 0 Å². The Morgan fingerprint density at radius 2 is 1.90 bits per heavy atom. The summed E-state index contributed by atoms with van der Waals surface area (Å²) in [6.45, 7) is 4.09. The van der Waals surface area contributed by atoms with Crippen molar-refractivity contribution in [3.8, 4) is 11.3 Å². The average molecular weight is 279 g/mol. The largest absolute Gasteiger partial charge is 0.481 e. The number of nitrogens with one attached hydrogen (secondary N) is 1. The SMILES string of the molecule is Cc1ccc(C)c(-c2[nH]c3ccccc3c2CC(=O)O)c1. The molecule has 0 spiro atoms. The van der Waals surface area contributed by atoms with Gasteiger partial charge in [0.2, 0.25) is 0 Å². The van der Waals surface area contributed by atoms with Crippen LogP contribution in [0, 0.1) is 13.8 Å². The van der Waals surface area contributed by atoms with Gasteiger partial charge in [0, 0.05) is 16.5 Å². The molecule has 0 saturated carbocycles. The Balaban J connectivity index is 2.30. The number of carbonyl (C=O) groups is 1. The van der Waals surface area contributed by atoms with Gasteiger partial charge in [-0.05, 0) is 37.1 Å². The number of H-pyrrole nitrogens is 1. The Morgan fingerprint density at radius 1 is 1.14 bits per heavy atom. The van der Waals surface area contributed by atoms with Crippen molar-refractivity contribution >= 4 is 16.9 Å². The van der Waals surface area contributed by atoms with Gasteiger partial charge in [0.15, 0.2) is 0 Å². The maximum absolute atomic E-state index is 11.2. The van der Waals surface area contributed by atoms with E-state index < -0.39 is 5.97 Å². The molecule has 0 bridgehead atoms. The van der Waals surface area contributed by atoms with E-state index in [1.54, 1.807) is 0 Å². The molecule has 0 saturated heterocycles. The first-order chi connectivity index (χ1) is 10.1. The molecule has 106 valence electrons. The summed E-state index contributed by atoms with van der Waals surface area (Å²) in [5.41, 5.74) is 6.12. The van der Waals surface area contributed by atoms with Gasteiger partial charge in [-0.2, -0.15) is 0 Å². The first-order valence-electron chi connectivity index (χ1n) is 6.95. The first-order valence-corrected chi connectivity index (χ1v) is 6.95. The fourth-order valence-corrected chi connectivity index (χ4v) is 2.77. The Morgan fingerprint density at radius 3 is 2.67 bits per heavy atom. The fourth-order valence-electron chi connectivity index (χ4n) is 2.77. The molecule has 3 aromatic rings. The van der Waals surface area contributed by atoms with Gasteiger partial charge in [0.05, 0.1) is 12.1 Å². The summed E-state index contributed by atoms with van der Waals surface area (Å²) >= 11 is 0. The maximum Gasteiger partial charge on any atom is 0.307 e. The van der Waals surface area contributed by atoms with Crippen LogP contribution in [0.4, 0.5) is 0 Å². The van der Waals surface area contributed by atoms with Gasteiger partial charge in [-0.1, -0.05) is 35.9 Å². The summed E-state index contributed by atoms with van der Waals surface area (Å²) in [7, 11) is 0. The van der Waals surface area contributed by atoms with Gasteiger partial charge in [0.1, 0.15) is 0 Å². The maximum atomic E-state index is 11.2. The summed E-state index contributed by atoms with van der Waals surface area (Å²) < 4.78 is 0. The highest BCUT2D eigenvalue weighted by atomic mass is 16.4. The summed E-state index contributed by atoms with van der Waals surface area (Å²) in [5, 5.41) is 10.2. The van der Waals surface area contributed by atoms with E-state index in [0.29, 0.717) is 0 Å². The number of carboxylic acid groups (broad SMARTS) is 1. The number of para-hydroxylation sites is 1. The van der Waals surface area contributed by atoms with E-state index >= 15 is 0 Å². The summed E-state index contributed by atoms with van der Waals surface area (Å²) in [6, 6.07) is 14.1. The molecule has 0 unspecified atom stereocenters. The lowest BCUT2D eigenvalue weighted by molar-refractivity contribution is -0.136. The molecule has 0 amide bonds. The third kappa shape index (κ3) is 2.42. The van der Waals surface area contributed by atoms with Crippen LogP contribution in [-0.2, 0) is 11.2 Å². The number of aromatic nitrogens is 1. The van der Waals surface area contributed by atoms with Crippen LogP contribution < -0.4 is 0 Å². The molecule has 1 heterocycles. The molecule has 3 rings (SSSR count). The van der Waals surface area contributed by atoms with Crippen molar-refractivity contribution in [2.45, 2.75) is 20.3 Å². The summed E-state index contributed by atoms with van der Waals surface area (Å²) in [5.74, 6) is -0.814. The highest BCUT2D eigenvalue weighted by molar-refractivity contribution is 5.94. The van der Waals surface area contributed by atoms with Crippen molar-refractivity contribution in [1.29, 1.82) is 0 Å².